The lowest BCUT2D eigenvalue weighted by Crippen LogP contribution is -2.55. The molecule has 0 spiro atoms. The monoisotopic (exact) mass is 648 g/mol. The fourth-order valence-corrected chi connectivity index (χ4v) is 6.80. The Morgan fingerprint density at radius 2 is 1.87 bits per heavy atom. The summed E-state index contributed by atoms with van der Waals surface area (Å²) in [6.45, 7) is 3.52. The highest BCUT2D eigenvalue weighted by Gasteiger charge is 2.35. The second-order valence-electron chi connectivity index (χ2n) is 12.2. The van der Waals surface area contributed by atoms with Crippen LogP contribution in [0, 0.1) is 11.3 Å². The van der Waals surface area contributed by atoms with Crippen molar-refractivity contribution in [1.82, 2.24) is 39.7 Å². The van der Waals surface area contributed by atoms with Crippen LogP contribution in [0.5, 0.6) is 0 Å². The maximum absolute atomic E-state index is 13.0. The maximum atomic E-state index is 13.0. The third-order valence-electron chi connectivity index (χ3n) is 9.50. The van der Waals surface area contributed by atoms with Crippen LogP contribution in [0.15, 0.2) is 61.4 Å². The van der Waals surface area contributed by atoms with Crippen LogP contribution < -0.4 is 10.2 Å². The molecular formula is C34H33ClN10O2. The Morgan fingerprint density at radius 1 is 1.06 bits per heavy atom. The molecule has 1 saturated carbocycles. The third kappa shape index (κ3) is 5.94. The summed E-state index contributed by atoms with van der Waals surface area (Å²) in [7, 11) is 0. The number of nitrogens with zero attached hydrogens (tertiary/aromatic N) is 9. The first-order chi connectivity index (χ1) is 22.9. The van der Waals surface area contributed by atoms with Crippen molar-refractivity contribution in [3.05, 3.63) is 77.7 Å². The lowest BCUT2D eigenvalue weighted by Gasteiger charge is -2.42. The summed E-state index contributed by atoms with van der Waals surface area (Å²) in [5.74, 6) is 0.872. The van der Waals surface area contributed by atoms with Gasteiger partial charge in [-0.1, -0.05) is 18.5 Å². The molecule has 47 heavy (non-hydrogen) atoms. The van der Waals surface area contributed by atoms with E-state index in [-0.39, 0.29) is 23.2 Å². The third-order valence-corrected chi connectivity index (χ3v) is 9.80. The molecule has 1 saturated heterocycles. The number of ketones is 1. The van der Waals surface area contributed by atoms with E-state index in [1.807, 2.05) is 29.2 Å². The Hall–Kier alpha value is -5.15. The number of anilines is 1. The van der Waals surface area contributed by atoms with Gasteiger partial charge in [-0.15, -0.1) is 0 Å². The first kappa shape index (κ1) is 30.5. The van der Waals surface area contributed by atoms with Gasteiger partial charge >= 0.3 is 0 Å². The predicted octanol–water partition coefficient (Wildman–Crippen LogP) is 5.44. The van der Waals surface area contributed by atoms with E-state index in [9.17, 15) is 14.9 Å². The highest BCUT2D eigenvalue weighted by Crippen LogP contribution is 2.33. The summed E-state index contributed by atoms with van der Waals surface area (Å²) < 4.78 is 3.61. The second-order valence-corrected chi connectivity index (χ2v) is 12.6. The van der Waals surface area contributed by atoms with Crippen LogP contribution in [0.3, 0.4) is 0 Å². The van der Waals surface area contributed by atoms with Gasteiger partial charge in [0, 0.05) is 61.2 Å². The molecule has 0 bridgehead atoms. The SMILES string of the molecule is CCC1(NC(=O)c2ncccc2Cl)CCN(c2ccc(-c3nc(-c4cnn(C5CCC(=O)CC5)c4)cn4ncc(C#N)c34)cn2)CC1. The van der Waals surface area contributed by atoms with Crippen LogP contribution >= 0.6 is 11.6 Å². The number of carbonyl (C=O) groups is 2. The molecule has 5 aromatic rings. The number of hydrogen-bond donors (Lipinski definition) is 1. The van der Waals surface area contributed by atoms with Gasteiger partial charge in [0.2, 0.25) is 0 Å². The van der Waals surface area contributed by atoms with Gasteiger partial charge in [-0.25, -0.2) is 19.5 Å². The lowest BCUT2D eigenvalue weighted by molar-refractivity contribution is -0.120. The molecule has 12 nitrogen and oxygen atoms in total. The highest BCUT2D eigenvalue weighted by molar-refractivity contribution is 6.33. The Bertz CT molecular complexity index is 1990. The first-order valence-electron chi connectivity index (χ1n) is 15.9. The van der Waals surface area contributed by atoms with Crippen molar-refractivity contribution >= 4 is 34.6 Å². The number of pyridine rings is 2. The van der Waals surface area contributed by atoms with Crippen molar-refractivity contribution < 1.29 is 9.59 Å². The van der Waals surface area contributed by atoms with E-state index in [0.717, 1.165) is 62.1 Å². The van der Waals surface area contributed by atoms with Gasteiger partial charge in [0.15, 0.2) is 0 Å². The average molecular weight is 649 g/mol. The van der Waals surface area contributed by atoms with Crippen molar-refractivity contribution in [3.63, 3.8) is 0 Å². The van der Waals surface area contributed by atoms with Gasteiger partial charge in [-0.05, 0) is 56.4 Å². The predicted molar refractivity (Wildman–Crippen MR) is 176 cm³/mol. The largest absolute Gasteiger partial charge is 0.356 e. The minimum Gasteiger partial charge on any atom is -0.356 e. The van der Waals surface area contributed by atoms with Crippen LogP contribution in [0.25, 0.3) is 28.0 Å². The lowest BCUT2D eigenvalue weighted by atomic mass is 9.84. The topological polar surface area (TPSA) is 147 Å². The average Bonchev–Trinajstić information content (AvgIpc) is 3.77. The van der Waals surface area contributed by atoms with Crippen LogP contribution in [0.1, 0.15) is 74.0 Å². The van der Waals surface area contributed by atoms with Gasteiger partial charge < -0.3 is 10.2 Å². The zero-order chi connectivity index (χ0) is 32.5. The van der Waals surface area contributed by atoms with E-state index in [0.29, 0.717) is 46.1 Å². The van der Waals surface area contributed by atoms with E-state index >= 15 is 0 Å². The van der Waals surface area contributed by atoms with E-state index in [1.165, 1.54) is 0 Å². The second kappa shape index (κ2) is 12.6. The molecule has 1 amide bonds. The molecule has 5 aromatic heterocycles. The number of fused-ring (bicyclic) bond motifs is 1. The van der Waals surface area contributed by atoms with E-state index < -0.39 is 0 Å². The highest BCUT2D eigenvalue weighted by atomic mass is 35.5. The normalized spacial score (nSPS) is 16.7. The van der Waals surface area contributed by atoms with Gasteiger partial charge in [0.1, 0.15) is 34.4 Å². The van der Waals surface area contributed by atoms with Crippen molar-refractivity contribution in [2.45, 2.75) is 63.5 Å². The van der Waals surface area contributed by atoms with Crippen LogP contribution in [-0.4, -0.2) is 64.7 Å². The van der Waals surface area contributed by atoms with Gasteiger partial charge in [-0.3, -0.25) is 14.3 Å². The van der Waals surface area contributed by atoms with E-state index in [2.05, 4.69) is 38.4 Å². The number of piperidine rings is 1. The summed E-state index contributed by atoms with van der Waals surface area (Å²) in [5, 5.41) is 22.4. The zero-order valence-corrected chi connectivity index (χ0v) is 26.7. The summed E-state index contributed by atoms with van der Waals surface area (Å²) in [6, 6.07) is 9.73. The molecule has 238 valence electrons. The number of aromatic nitrogens is 7. The van der Waals surface area contributed by atoms with Crippen molar-refractivity contribution in [2.75, 3.05) is 18.0 Å². The molecule has 1 aliphatic heterocycles. The number of halogens is 1. The number of Topliss-reactive ketones (excluding diaryl/α,β-unsaturated/α-hetero) is 1. The molecule has 2 aliphatic rings. The summed E-state index contributed by atoms with van der Waals surface area (Å²) >= 11 is 6.22. The maximum Gasteiger partial charge on any atom is 0.271 e. The van der Waals surface area contributed by atoms with Crippen molar-refractivity contribution in [2.24, 2.45) is 0 Å². The number of nitriles is 1. The molecular weight excluding hydrogens is 616 g/mol. The Labute approximate surface area is 276 Å². The molecule has 7 rings (SSSR count). The van der Waals surface area contributed by atoms with Gasteiger partial charge in [-0.2, -0.15) is 15.5 Å². The van der Waals surface area contributed by atoms with Gasteiger partial charge in [0.25, 0.3) is 5.91 Å². The molecule has 6 heterocycles. The molecule has 13 heteroatoms. The number of hydrogen-bond acceptors (Lipinski definition) is 9. The minimum atomic E-state index is -0.359. The van der Waals surface area contributed by atoms with Crippen LogP contribution in [-0.2, 0) is 4.79 Å². The smallest absolute Gasteiger partial charge is 0.271 e. The van der Waals surface area contributed by atoms with Gasteiger partial charge in [0.05, 0.1) is 41.0 Å². The fraction of sp³-hybridized carbons (Fsp3) is 0.353. The van der Waals surface area contributed by atoms with Crippen LogP contribution in [0.4, 0.5) is 5.82 Å². The first-order valence-corrected chi connectivity index (χ1v) is 16.2. The molecule has 0 unspecified atom stereocenters. The Kier molecular flexibility index (Phi) is 8.15. The minimum absolute atomic E-state index is 0.184. The number of carbonyl (C=O) groups excluding carboxylic acids is 2. The van der Waals surface area contributed by atoms with Crippen molar-refractivity contribution in [3.8, 4) is 28.6 Å². The summed E-state index contributed by atoms with van der Waals surface area (Å²) in [4.78, 5) is 40.9. The quantitative estimate of drug-likeness (QED) is 0.244. The summed E-state index contributed by atoms with van der Waals surface area (Å²) in [6.07, 6.45) is 15.5. The molecule has 0 atom stereocenters. The van der Waals surface area contributed by atoms with E-state index in [1.54, 1.807) is 41.4 Å². The number of rotatable bonds is 7. The fourth-order valence-electron chi connectivity index (χ4n) is 6.59. The molecule has 1 N–H and O–H groups in total. The molecule has 1 aliphatic carbocycles. The number of amides is 1. The molecule has 0 radical (unpaired) electrons. The Balaban J connectivity index is 1.11. The summed E-state index contributed by atoms with van der Waals surface area (Å²) in [5.41, 5.74) is 3.77. The Morgan fingerprint density at radius 3 is 2.57 bits per heavy atom. The zero-order valence-electron chi connectivity index (χ0n) is 25.9. The number of nitrogens with one attached hydrogen (secondary N) is 1. The van der Waals surface area contributed by atoms with Crippen LogP contribution in [0.2, 0.25) is 5.02 Å². The molecule has 0 aromatic carbocycles. The standard InChI is InChI=1S/C34H33ClN10O2/c1-2-34(42-33(47)31-27(35)4-3-13-37-31)11-14-43(15-12-34)29-10-5-22(17-38-29)30-32-23(16-36)18-40-45(32)21-28(41-30)24-19-39-44(20-24)25-6-8-26(46)9-7-25/h3-5,10,13,17-21,25H,2,6-9,11-12,14-15H2,1H3,(H,42,47). The van der Waals surface area contributed by atoms with Crippen molar-refractivity contribution in [1.29, 1.82) is 5.26 Å². The van der Waals surface area contributed by atoms with E-state index in [4.69, 9.17) is 21.6 Å². The molecule has 2 fully saturated rings.